The molecule has 0 aromatic carbocycles. The van der Waals surface area contributed by atoms with Gasteiger partial charge in [-0.05, 0) is 0 Å². The standard InChI is InChI=1S/C9H18N.CH3.Sn/c1-4-7-10(8-5-2)9-6-3;;/h1-9H2;1H3;. The molecule has 0 saturated carbocycles. The van der Waals surface area contributed by atoms with Gasteiger partial charge in [0.1, 0.15) is 0 Å². The minimum atomic E-state index is -1.44. The number of nitrogens with zero attached hydrogens (tertiary/aromatic N) is 1. The molecule has 1 nitrogen and oxygen atoms in total. The van der Waals surface area contributed by atoms with E-state index in [1.54, 1.807) is 13.3 Å². The topological polar surface area (TPSA) is 3.24 Å². The molecule has 0 aliphatic carbocycles. The predicted octanol–water partition coefficient (Wildman–Crippen LogP) is 2.56. The maximum atomic E-state index is 2.72. The Labute approximate surface area is 80.4 Å². The summed E-state index contributed by atoms with van der Waals surface area (Å²) in [6, 6.07) is 0. The van der Waals surface area contributed by atoms with Crippen molar-refractivity contribution in [2.75, 3.05) is 19.6 Å². The summed E-state index contributed by atoms with van der Waals surface area (Å²) in [5, 5.41) is 0. The molecule has 0 amide bonds. The molecule has 0 spiro atoms. The molecule has 2 bridgehead atoms. The van der Waals surface area contributed by atoms with Gasteiger partial charge in [0.05, 0.1) is 0 Å². The van der Waals surface area contributed by atoms with Gasteiger partial charge in [-0.25, -0.2) is 0 Å². The Balaban J connectivity index is 2.06. The van der Waals surface area contributed by atoms with Crippen molar-refractivity contribution in [1.82, 2.24) is 4.90 Å². The first-order chi connectivity index (χ1) is 5.79. The van der Waals surface area contributed by atoms with Gasteiger partial charge >= 0.3 is 80.4 Å². The van der Waals surface area contributed by atoms with Crippen molar-refractivity contribution in [3.8, 4) is 0 Å². The van der Waals surface area contributed by atoms with Gasteiger partial charge in [0.2, 0.25) is 0 Å². The van der Waals surface area contributed by atoms with E-state index in [1.165, 1.54) is 38.9 Å². The maximum absolute atomic E-state index is 2.72. The first-order valence-electron chi connectivity index (χ1n) is 5.51. The van der Waals surface area contributed by atoms with Crippen molar-refractivity contribution in [3.05, 3.63) is 0 Å². The molecule has 70 valence electrons. The van der Waals surface area contributed by atoms with Crippen molar-refractivity contribution in [3.63, 3.8) is 0 Å². The molecule has 0 radical (unpaired) electrons. The Kier molecular flexibility index (Phi) is 3.00. The van der Waals surface area contributed by atoms with Gasteiger partial charge in [-0.1, -0.05) is 0 Å². The molecule has 0 aromatic heterocycles. The first kappa shape index (κ1) is 9.32. The quantitative estimate of drug-likeness (QED) is 0.614. The molecule has 2 heteroatoms. The Morgan fingerprint density at radius 3 is 1.67 bits per heavy atom. The van der Waals surface area contributed by atoms with Crippen LogP contribution in [0.1, 0.15) is 19.3 Å². The second-order valence-corrected chi connectivity index (χ2v) is 19.6. The van der Waals surface area contributed by atoms with E-state index in [0.29, 0.717) is 0 Å². The van der Waals surface area contributed by atoms with Gasteiger partial charge in [0.25, 0.3) is 0 Å². The molecule has 3 heterocycles. The van der Waals surface area contributed by atoms with Gasteiger partial charge in [-0.3, -0.25) is 0 Å². The van der Waals surface area contributed by atoms with Crippen LogP contribution in [0, 0.1) is 0 Å². The van der Waals surface area contributed by atoms with Crippen LogP contribution in [-0.2, 0) is 0 Å². The summed E-state index contributed by atoms with van der Waals surface area (Å²) in [6.07, 6.45) is 4.60. The Hall–Kier alpha value is 0.759. The Morgan fingerprint density at radius 2 is 1.25 bits per heavy atom. The third kappa shape index (κ3) is 2.16. The summed E-state index contributed by atoms with van der Waals surface area (Å²) < 4.78 is 5.06. The van der Waals surface area contributed by atoms with E-state index < -0.39 is 18.4 Å². The summed E-state index contributed by atoms with van der Waals surface area (Å²) in [7, 11) is 0. The second-order valence-electron chi connectivity index (χ2n) is 4.96. The van der Waals surface area contributed by atoms with E-state index in [1.807, 2.05) is 0 Å². The van der Waals surface area contributed by atoms with Gasteiger partial charge in [-0.15, -0.1) is 0 Å². The molecule has 3 saturated heterocycles. The summed E-state index contributed by atoms with van der Waals surface area (Å²) in [5.74, 6) is 0. The van der Waals surface area contributed by atoms with Crippen LogP contribution in [0.4, 0.5) is 0 Å². The van der Waals surface area contributed by atoms with E-state index in [2.05, 4.69) is 9.84 Å². The van der Waals surface area contributed by atoms with Crippen LogP contribution in [0.15, 0.2) is 0 Å². The summed E-state index contributed by atoms with van der Waals surface area (Å²) >= 11 is -1.44. The van der Waals surface area contributed by atoms with Crippen LogP contribution in [-0.4, -0.2) is 42.9 Å². The summed E-state index contributed by atoms with van der Waals surface area (Å²) in [6.45, 7) is 4.27. The fraction of sp³-hybridized carbons (Fsp3) is 1.00. The summed E-state index contributed by atoms with van der Waals surface area (Å²) in [5.41, 5.74) is 0. The number of fused-ring (bicyclic) bond motifs is 6. The van der Waals surface area contributed by atoms with Gasteiger partial charge in [-0.2, -0.15) is 0 Å². The number of hydrogen-bond donors (Lipinski definition) is 0. The number of hydrogen-bond acceptors (Lipinski definition) is 1. The predicted molar refractivity (Wildman–Crippen MR) is 56.3 cm³/mol. The van der Waals surface area contributed by atoms with E-state index in [0.717, 1.165) is 0 Å². The van der Waals surface area contributed by atoms with Gasteiger partial charge in [0.15, 0.2) is 0 Å². The normalized spacial score (nSPS) is 43.2. The Bertz CT molecular complexity index is 131. The minimum absolute atomic E-state index is 1.42. The van der Waals surface area contributed by atoms with E-state index in [4.69, 9.17) is 0 Å². The molecular weight excluding hydrogens is 253 g/mol. The molecule has 3 fully saturated rings. The molecule has 3 rings (SSSR count). The van der Waals surface area contributed by atoms with Crippen molar-refractivity contribution < 1.29 is 0 Å². The summed E-state index contributed by atoms with van der Waals surface area (Å²) in [4.78, 5) is 5.42. The van der Waals surface area contributed by atoms with Crippen LogP contribution < -0.4 is 0 Å². The monoisotopic (exact) mass is 275 g/mol. The molecule has 3 aliphatic rings. The fourth-order valence-electron chi connectivity index (χ4n) is 2.90. The van der Waals surface area contributed by atoms with Crippen molar-refractivity contribution >= 4 is 18.4 Å². The second kappa shape index (κ2) is 3.87. The van der Waals surface area contributed by atoms with Crippen LogP contribution in [0.25, 0.3) is 0 Å². The average molecular weight is 274 g/mol. The molecule has 0 aromatic rings. The van der Waals surface area contributed by atoms with Crippen LogP contribution in [0.5, 0.6) is 0 Å². The molecule has 3 aliphatic heterocycles. The zero-order valence-electron chi connectivity index (χ0n) is 8.31. The molecule has 0 atom stereocenters. The van der Waals surface area contributed by atoms with Crippen molar-refractivity contribution in [2.45, 2.75) is 37.5 Å². The third-order valence-corrected chi connectivity index (χ3v) is 17.1. The molecule has 12 heavy (non-hydrogen) atoms. The van der Waals surface area contributed by atoms with E-state index in [-0.39, 0.29) is 0 Å². The van der Waals surface area contributed by atoms with Gasteiger partial charge in [0, 0.05) is 0 Å². The van der Waals surface area contributed by atoms with E-state index >= 15 is 0 Å². The Morgan fingerprint density at radius 1 is 0.833 bits per heavy atom. The van der Waals surface area contributed by atoms with Crippen molar-refractivity contribution in [2.24, 2.45) is 0 Å². The van der Waals surface area contributed by atoms with Crippen molar-refractivity contribution in [1.29, 1.82) is 0 Å². The fourth-order valence-corrected chi connectivity index (χ4v) is 13.7. The third-order valence-electron chi connectivity index (χ3n) is 3.76. The van der Waals surface area contributed by atoms with E-state index in [9.17, 15) is 0 Å². The van der Waals surface area contributed by atoms with Crippen LogP contribution in [0.2, 0.25) is 18.2 Å². The SMILES string of the molecule is [CH3][Sn]12[CH2]CCN(CC[CH2]1)CC[CH2]2. The zero-order chi connectivity index (χ0) is 8.44. The molecule has 0 N–H and O–H groups in total. The molecular formula is C10H21NSn. The van der Waals surface area contributed by atoms with Crippen LogP contribution >= 0.6 is 0 Å². The van der Waals surface area contributed by atoms with Gasteiger partial charge < -0.3 is 0 Å². The average Bonchev–Trinajstić information content (AvgIpc) is 1.93. The first-order valence-corrected chi connectivity index (χ1v) is 14.4. The van der Waals surface area contributed by atoms with Crippen LogP contribution in [0.3, 0.4) is 0 Å². The number of rotatable bonds is 0. The zero-order valence-corrected chi connectivity index (χ0v) is 11.2. The molecule has 0 unspecified atom stereocenters.